The Morgan fingerprint density at radius 1 is 0.972 bits per heavy atom. The number of benzene rings is 2. The SMILES string of the molecule is CC(C)(CCc1ccc(-c2ccc(Cl)c3c(N(C(=O)OCCCN)S(C)(=O)=O)nn(CC(F)(F)F)c23)c([C@H](Cc2cc(F)cc(F)c2)NC(=O)Cn2nc(C(F)(F)F)c3c2C(F)(F)C2C[C@H]32)n1)S(C)(=O)=O. The van der Waals surface area contributed by atoms with Crippen molar-refractivity contribution in [3.8, 4) is 11.1 Å². The van der Waals surface area contributed by atoms with Crippen LogP contribution >= 0.6 is 11.6 Å². The van der Waals surface area contributed by atoms with E-state index in [1.165, 1.54) is 26.0 Å². The molecule has 0 spiro atoms. The Morgan fingerprint density at radius 3 is 2.21 bits per heavy atom. The van der Waals surface area contributed by atoms with E-state index < -0.39 is 149 Å². The van der Waals surface area contributed by atoms with E-state index in [1.54, 1.807) is 0 Å². The minimum atomic E-state index is -5.21. The number of nitrogens with two attached hydrogens (primary N) is 1. The van der Waals surface area contributed by atoms with Crippen LogP contribution in [-0.4, -0.2) is 90.0 Å². The molecule has 1 fully saturated rings. The van der Waals surface area contributed by atoms with Gasteiger partial charge in [0.25, 0.3) is 5.92 Å². The molecule has 0 aliphatic heterocycles. The van der Waals surface area contributed by atoms with E-state index in [0.29, 0.717) is 12.3 Å². The largest absolute Gasteiger partial charge is 0.448 e. The highest BCUT2D eigenvalue weighted by atomic mass is 35.5. The number of carbonyl (C=O) groups excluding carboxylic acids is 2. The van der Waals surface area contributed by atoms with E-state index in [4.69, 9.17) is 22.1 Å². The molecule has 0 bridgehead atoms. The highest BCUT2D eigenvalue weighted by molar-refractivity contribution is 7.92. The summed E-state index contributed by atoms with van der Waals surface area (Å²) < 4.78 is 203. The summed E-state index contributed by atoms with van der Waals surface area (Å²) in [6.07, 6.45) is -11.5. The average Bonchev–Trinajstić information content (AvgIpc) is 3.74. The van der Waals surface area contributed by atoms with Crippen LogP contribution in [0.2, 0.25) is 5.02 Å². The molecular weight excluding hydrogens is 1030 g/mol. The number of nitrogens with zero attached hydrogens (tertiary/aromatic N) is 6. The molecule has 386 valence electrons. The van der Waals surface area contributed by atoms with Crippen LogP contribution in [0.1, 0.15) is 79.0 Å². The maximum Gasteiger partial charge on any atom is 0.435 e. The molecule has 28 heteroatoms. The van der Waals surface area contributed by atoms with Gasteiger partial charge >= 0.3 is 18.4 Å². The van der Waals surface area contributed by atoms with Crippen molar-refractivity contribution in [1.82, 2.24) is 29.9 Å². The molecule has 15 nitrogen and oxygen atoms in total. The molecule has 3 heterocycles. The van der Waals surface area contributed by atoms with Crippen LogP contribution in [-0.2, 0) is 67.4 Å². The third-order valence-corrected chi connectivity index (χ3v) is 15.7. The molecule has 1 saturated carbocycles. The van der Waals surface area contributed by atoms with Gasteiger partial charge in [-0.05, 0) is 88.2 Å². The Labute approximate surface area is 403 Å². The van der Waals surface area contributed by atoms with Crippen LogP contribution in [0.15, 0.2) is 42.5 Å². The lowest BCUT2D eigenvalue weighted by Crippen LogP contribution is -2.37. The topological polar surface area (TPSA) is 201 Å². The lowest BCUT2D eigenvalue weighted by molar-refractivity contribution is -0.143. The normalized spacial score (nSPS) is 17.2. The van der Waals surface area contributed by atoms with Gasteiger partial charge in [-0.2, -0.15) is 49.6 Å². The van der Waals surface area contributed by atoms with E-state index in [0.717, 1.165) is 30.5 Å². The van der Waals surface area contributed by atoms with Crippen molar-refractivity contribution >= 4 is 60.2 Å². The number of pyridine rings is 1. The molecule has 5 aromatic rings. The molecular formula is C43H43ClF10N8O7S2. The number of sulfone groups is 1. The van der Waals surface area contributed by atoms with Crippen molar-refractivity contribution in [2.75, 3.05) is 30.0 Å². The number of halogens is 11. The highest BCUT2D eigenvalue weighted by Crippen LogP contribution is 2.68. The quantitative estimate of drug-likeness (QED) is 0.0673. The fourth-order valence-corrected chi connectivity index (χ4v) is 9.97. The first-order valence-corrected chi connectivity index (χ1v) is 25.5. The summed E-state index contributed by atoms with van der Waals surface area (Å²) in [7, 11) is -8.52. The summed E-state index contributed by atoms with van der Waals surface area (Å²) in [6, 6.07) is 5.25. The molecule has 71 heavy (non-hydrogen) atoms. The number of alkyl halides is 8. The van der Waals surface area contributed by atoms with Gasteiger partial charge in [0.1, 0.15) is 30.4 Å². The monoisotopic (exact) mass is 1070 g/mol. The first-order chi connectivity index (χ1) is 32.7. The third kappa shape index (κ3) is 11.0. The van der Waals surface area contributed by atoms with Crippen LogP contribution in [0.4, 0.5) is 54.5 Å². The molecule has 1 unspecified atom stereocenters. The maximum atomic E-state index is 15.6. The molecule has 2 amide bonds. The molecule has 2 aliphatic rings. The first kappa shape index (κ1) is 53.3. The Hall–Kier alpha value is -5.54. The predicted molar refractivity (Wildman–Crippen MR) is 237 cm³/mol. The van der Waals surface area contributed by atoms with Crippen molar-refractivity contribution in [3.63, 3.8) is 0 Å². The van der Waals surface area contributed by atoms with Crippen molar-refractivity contribution < 1.29 is 75.1 Å². The number of carbonyl (C=O) groups is 2. The van der Waals surface area contributed by atoms with Gasteiger partial charge in [-0.3, -0.25) is 19.1 Å². The van der Waals surface area contributed by atoms with Gasteiger partial charge < -0.3 is 15.8 Å². The second-order valence-corrected chi connectivity index (χ2v) is 22.8. The van der Waals surface area contributed by atoms with Crippen LogP contribution in [0.5, 0.6) is 0 Å². The van der Waals surface area contributed by atoms with Crippen LogP contribution < -0.4 is 15.4 Å². The minimum Gasteiger partial charge on any atom is -0.448 e. The number of sulfonamides is 1. The zero-order chi connectivity index (χ0) is 52.6. The van der Waals surface area contributed by atoms with Gasteiger partial charge in [-0.1, -0.05) is 23.7 Å². The van der Waals surface area contributed by atoms with Crippen molar-refractivity contribution in [2.45, 2.75) is 94.0 Å². The number of aromatic nitrogens is 5. The van der Waals surface area contributed by atoms with Gasteiger partial charge in [-0.25, -0.2) is 30.4 Å². The van der Waals surface area contributed by atoms with Gasteiger partial charge in [0.05, 0.1) is 45.3 Å². The Morgan fingerprint density at radius 2 is 1.62 bits per heavy atom. The number of rotatable bonds is 17. The number of amides is 2. The number of nitrogens with one attached hydrogen (secondary N) is 1. The van der Waals surface area contributed by atoms with E-state index in [9.17, 15) is 61.5 Å². The summed E-state index contributed by atoms with van der Waals surface area (Å²) in [4.78, 5) is 32.3. The standard InChI is InChI=1S/C43H43ClF10N8O7S2/c1-40(2,70(3,65)66)11-10-24-6-7-25(26-8-9-29(44)33-35(26)61(20-41(47,48)49)59-38(33)62(71(4,67)68)39(64)69-13-5-12-55)34(56-24)30(16-21-14-22(45)17-23(46)15-21)57-31(63)19-60-37-32(36(58-60)43(52,53)54)27-18-28(27)42(37,50)51/h6-9,14-15,17,27-28,30H,5,10-13,16,18-20,55H2,1-4H3,(H,57,63)/t27-,28?,30-/m0/s1. The number of aryl methyl sites for hydroxylation is 1. The fourth-order valence-electron chi connectivity index (χ4n) is 8.50. The van der Waals surface area contributed by atoms with E-state index in [1.807, 2.05) is 0 Å². The van der Waals surface area contributed by atoms with Gasteiger partial charge in [0, 0.05) is 40.6 Å². The van der Waals surface area contributed by atoms with E-state index in [-0.39, 0.29) is 74.0 Å². The van der Waals surface area contributed by atoms with E-state index >= 15 is 8.78 Å². The fraction of sp³-hybridized carbons (Fsp3) is 0.465. The van der Waals surface area contributed by atoms with Crippen molar-refractivity contribution in [1.29, 1.82) is 0 Å². The van der Waals surface area contributed by atoms with Crippen molar-refractivity contribution in [2.24, 2.45) is 11.7 Å². The zero-order valence-corrected chi connectivity index (χ0v) is 40.1. The molecule has 3 N–H and O–H groups in total. The first-order valence-electron chi connectivity index (χ1n) is 21.4. The van der Waals surface area contributed by atoms with Crippen LogP contribution in [0.3, 0.4) is 0 Å². The van der Waals surface area contributed by atoms with Gasteiger partial charge in [-0.15, -0.1) is 0 Å². The summed E-state index contributed by atoms with van der Waals surface area (Å²) in [5.74, 6) is -11.0. The predicted octanol–water partition coefficient (Wildman–Crippen LogP) is 8.12. The van der Waals surface area contributed by atoms with Crippen LogP contribution in [0.25, 0.3) is 22.0 Å². The molecule has 7 rings (SSSR count). The second-order valence-electron chi connectivity index (χ2n) is 17.9. The number of fused-ring (bicyclic) bond motifs is 4. The molecule has 0 saturated heterocycles. The summed E-state index contributed by atoms with van der Waals surface area (Å²) in [5, 5.41) is 8.74. The van der Waals surface area contributed by atoms with Crippen LogP contribution in [0, 0.1) is 17.6 Å². The number of hydrogen-bond acceptors (Lipinski definition) is 11. The second kappa shape index (κ2) is 18.8. The number of anilines is 1. The zero-order valence-electron chi connectivity index (χ0n) is 37.7. The maximum absolute atomic E-state index is 15.6. The minimum absolute atomic E-state index is 0.00825. The Bertz CT molecular complexity index is 3140. The van der Waals surface area contributed by atoms with Gasteiger partial charge in [0.2, 0.25) is 15.9 Å². The molecule has 2 aromatic carbocycles. The van der Waals surface area contributed by atoms with Crippen molar-refractivity contribution in [3.05, 3.63) is 93.0 Å². The third-order valence-electron chi connectivity index (χ3n) is 12.2. The highest BCUT2D eigenvalue weighted by Gasteiger charge is 2.68. The lowest BCUT2D eigenvalue weighted by Gasteiger charge is -2.25. The molecule has 3 aromatic heterocycles. The molecule has 0 radical (unpaired) electrons. The van der Waals surface area contributed by atoms with Gasteiger partial charge in [0.15, 0.2) is 21.3 Å². The average molecular weight is 1070 g/mol. The number of ether oxygens (including phenoxy) is 1. The number of hydrogen-bond donors (Lipinski definition) is 2. The molecule has 3 atom stereocenters. The summed E-state index contributed by atoms with van der Waals surface area (Å²) in [5.41, 5.74) is 0.273. The smallest absolute Gasteiger partial charge is 0.435 e. The summed E-state index contributed by atoms with van der Waals surface area (Å²) in [6.45, 7) is -0.843. The Kier molecular flexibility index (Phi) is 14.1. The summed E-state index contributed by atoms with van der Waals surface area (Å²) >= 11 is 6.62. The lowest BCUT2D eigenvalue weighted by atomic mass is 9.93. The van der Waals surface area contributed by atoms with E-state index in [2.05, 4.69) is 20.5 Å². The molecule has 2 aliphatic carbocycles. The Balaban J connectivity index is 1.46.